The van der Waals surface area contributed by atoms with Crippen molar-refractivity contribution in [1.29, 1.82) is 0 Å². The van der Waals surface area contributed by atoms with Gasteiger partial charge in [-0.1, -0.05) is 44.2 Å². The molecule has 0 saturated carbocycles. The first-order valence-electron chi connectivity index (χ1n) is 9.27. The van der Waals surface area contributed by atoms with Crippen molar-refractivity contribution in [3.8, 4) is 0 Å². The highest BCUT2D eigenvalue weighted by molar-refractivity contribution is 5.83. The van der Waals surface area contributed by atoms with E-state index in [2.05, 4.69) is 39.0 Å². The summed E-state index contributed by atoms with van der Waals surface area (Å²) in [7, 11) is 0. The van der Waals surface area contributed by atoms with Crippen LogP contribution in [0.1, 0.15) is 70.3 Å². The molecule has 1 atom stereocenters. The Kier molecular flexibility index (Phi) is 6.60. The molecule has 1 unspecified atom stereocenters. The van der Waals surface area contributed by atoms with E-state index < -0.39 is 0 Å². The Bertz CT molecular complexity index is 751. The van der Waals surface area contributed by atoms with E-state index in [0.29, 0.717) is 6.61 Å². The standard InChI is InChI=1S/C23H30O3/c1-6-26-22(25)14-16(2)8-7-9-17(3)18-10-11-20-19(15-18)21(24)12-13-23(20,4)5/h7-11,14-15,21,24H,6,12-13H2,1-5H3. The Hall–Kier alpha value is -2.13. The molecule has 0 bridgehead atoms. The molecular weight excluding hydrogens is 324 g/mol. The van der Waals surface area contributed by atoms with E-state index in [1.165, 1.54) is 11.6 Å². The van der Waals surface area contributed by atoms with Crippen molar-refractivity contribution in [2.45, 2.75) is 59.0 Å². The number of esters is 1. The van der Waals surface area contributed by atoms with E-state index >= 15 is 0 Å². The lowest BCUT2D eigenvalue weighted by Crippen LogP contribution is -2.26. The summed E-state index contributed by atoms with van der Waals surface area (Å²) in [5, 5.41) is 10.4. The number of hydrogen-bond acceptors (Lipinski definition) is 3. The third-order valence-electron chi connectivity index (χ3n) is 4.98. The smallest absolute Gasteiger partial charge is 0.330 e. The average Bonchev–Trinajstić information content (AvgIpc) is 2.58. The summed E-state index contributed by atoms with van der Waals surface area (Å²) < 4.78 is 4.90. The highest BCUT2D eigenvalue weighted by Crippen LogP contribution is 2.42. The number of rotatable bonds is 5. The van der Waals surface area contributed by atoms with Crippen molar-refractivity contribution in [2.75, 3.05) is 6.61 Å². The second-order valence-electron chi connectivity index (χ2n) is 7.59. The second kappa shape index (κ2) is 8.50. The van der Waals surface area contributed by atoms with Crippen LogP contribution in [-0.4, -0.2) is 17.7 Å². The summed E-state index contributed by atoms with van der Waals surface area (Å²) in [6.45, 7) is 10.6. The van der Waals surface area contributed by atoms with Gasteiger partial charge in [-0.05, 0) is 72.9 Å². The molecule has 0 spiro atoms. The van der Waals surface area contributed by atoms with E-state index in [4.69, 9.17) is 4.74 Å². The summed E-state index contributed by atoms with van der Waals surface area (Å²) in [6.07, 6.45) is 8.76. The van der Waals surface area contributed by atoms with Gasteiger partial charge in [0, 0.05) is 6.08 Å². The SMILES string of the molecule is CCOC(=O)C=C(C)C=CC=C(C)c1ccc2c(c1)C(O)CCC2(C)C. The Morgan fingerprint density at radius 1 is 1.35 bits per heavy atom. The van der Waals surface area contributed by atoms with Gasteiger partial charge in [0.1, 0.15) is 0 Å². The van der Waals surface area contributed by atoms with Crippen molar-refractivity contribution in [1.82, 2.24) is 0 Å². The van der Waals surface area contributed by atoms with E-state index in [9.17, 15) is 9.90 Å². The molecule has 2 rings (SSSR count). The van der Waals surface area contributed by atoms with Crippen LogP contribution in [0, 0.1) is 0 Å². The van der Waals surface area contributed by atoms with Crippen LogP contribution in [0.3, 0.4) is 0 Å². The molecule has 26 heavy (non-hydrogen) atoms. The quantitative estimate of drug-likeness (QED) is 0.446. The number of carbonyl (C=O) groups excluding carboxylic acids is 1. The zero-order chi connectivity index (χ0) is 19.3. The minimum atomic E-state index is -0.379. The van der Waals surface area contributed by atoms with Crippen LogP contribution in [0.2, 0.25) is 0 Å². The molecule has 3 heteroatoms. The predicted molar refractivity (Wildman–Crippen MR) is 107 cm³/mol. The van der Waals surface area contributed by atoms with E-state index in [1.54, 1.807) is 6.92 Å². The zero-order valence-corrected chi connectivity index (χ0v) is 16.5. The molecule has 0 fully saturated rings. The number of aliphatic hydroxyl groups excluding tert-OH is 1. The molecule has 1 aromatic carbocycles. The Morgan fingerprint density at radius 2 is 2.08 bits per heavy atom. The third-order valence-corrected chi connectivity index (χ3v) is 4.98. The molecule has 3 nitrogen and oxygen atoms in total. The normalized spacial score (nSPS) is 20.2. The largest absolute Gasteiger partial charge is 0.463 e. The topological polar surface area (TPSA) is 46.5 Å². The molecular formula is C23H30O3. The number of hydrogen-bond donors (Lipinski definition) is 1. The minimum Gasteiger partial charge on any atom is -0.463 e. The number of fused-ring (bicyclic) bond motifs is 1. The molecule has 1 N–H and O–H groups in total. The first-order chi connectivity index (χ1) is 12.2. The van der Waals surface area contributed by atoms with E-state index in [0.717, 1.165) is 35.1 Å². The lowest BCUT2D eigenvalue weighted by molar-refractivity contribution is -0.137. The van der Waals surface area contributed by atoms with Crippen molar-refractivity contribution in [3.63, 3.8) is 0 Å². The minimum absolute atomic E-state index is 0.111. The maximum Gasteiger partial charge on any atom is 0.330 e. The highest BCUT2D eigenvalue weighted by atomic mass is 16.5. The Labute approximate surface area is 157 Å². The van der Waals surface area contributed by atoms with Crippen LogP contribution in [0.4, 0.5) is 0 Å². The molecule has 0 radical (unpaired) electrons. The monoisotopic (exact) mass is 354 g/mol. The summed E-state index contributed by atoms with van der Waals surface area (Å²) in [5.41, 5.74) is 5.47. The van der Waals surface area contributed by atoms with Crippen molar-refractivity contribution in [2.24, 2.45) is 0 Å². The van der Waals surface area contributed by atoms with Crippen LogP contribution in [0.25, 0.3) is 5.57 Å². The molecule has 1 aliphatic rings. The van der Waals surface area contributed by atoms with Gasteiger partial charge in [0.05, 0.1) is 12.7 Å². The molecule has 0 saturated heterocycles. The Morgan fingerprint density at radius 3 is 2.77 bits per heavy atom. The van der Waals surface area contributed by atoms with Crippen molar-refractivity contribution >= 4 is 11.5 Å². The van der Waals surface area contributed by atoms with Crippen LogP contribution >= 0.6 is 0 Å². The lowest BCUT2D eigenvalue weighted by atomic mass is 9.71. The maximum atomic E-state index is 11.4. The van der Waals surface area contributed by atoms with Gasteiger partial charge in [0.15, 0.2) is 0 Å². The number of allylic oxidation sites excluding steroid dienone is 5. The van der Waals surface area contributed by atoms with Gasteiger partial charge in [-0.2, -0.15) is 0 Å². The van der Waals surface area contributed by atoms with Gasteiger partial charge in [-0.3, -0.25) is 0 Å². The van der Waals surface area contributed by atoms with Gasteiger partial charge in [0.2, 0.25) is 0 Å². The highest BCUT2D eigenvalue weighted by Gasteiger charge is 2.31. The summed E-state index contributed by atoms with van der Waals surface area (Å²) in [5.74, 6) is -0.318. The van der Waals surface area contributed by atoms with Crippen LogP contribution in [0.5, 0.6) is 0 Å². The first-order valence-corrected chi connectivity index (χ1v) is 9.27. The van der Waals surface area contributed by atoms with Gasteiger partial charge in [-0.15, -0.1) is 0 Å². The summed E-state index contributed by atoms with van der Waals surface area (Å²) >= 11 is 0. The van der Waals surface area contributed by atoms with Gasteiger partial charge in [-0.25, -0.2) is 4.79 Å². The van der Waals surface area contributed by atoms with Crippen molar-refractivity contribution < 1.29 is 14.6 Å². The number of aliphatic hydroxyl groups is 1. The summed E-state index contributed by atoms with van der Waals surface area (Å²) in [4.78, 5) is 11.4. The summed E-state index contributed by atoms with van der Waals surface area (Å²) in [6, 6.07) is 6.39. The van der Waals surface area contributed by atoms with Crippen LogP contribution < -0.4 is 0 Å². The maximum absolute atomic E-state index is 11.4. The number of carbonyl (C=O) groups is 1. The molecule has 0 amide bonds. The van der Waals surface area contributed by atoms with Crippen LogP contribution in [-0.2, 0) is 14.9 Å². The van der Waals surface area contributed by atoms with E-state index in [-0.39, 0.29) is 17.5 Å². The predicted octanol–water partition coefficient (Wildman–Crippen LogP) is 5.26. The van der Waals surface area contributed by atoms with Crippen LogP contribution in [0.15, 0.2) is 48.1 Å². The lowest BCUT2D eigenvalue weighted by Gasteiger charge is -2.35. The average molecular weight is 354 g/mol. The molecule has 140 valence electrons. The first kappa shape index (κ1) is 20.2. The fraction of sp³-hybridized carbons (Fsp3) is 0.435. The molecule has 1 aromatic rings. The second-order valence-corrected chi connectivity index (χ2v) is 7.59. The Balaban J connectivity index is 2.18. The third kappa shape index (κ3) is 4.95. The van der Waals surface area contributed by atoms with Gasteiger partial charge in [0.25, 0.3) is 0 Å². The van der Waals surface area contributed by atoms with Gasteiger partial charge < -0.3 is 9.84 Å². The zero-order valence-electron chi connectivity index (χ0n) is 16.5. The van der Waals surface area contributed by atoms with Crippen molar-refractivity contribution in [3.05, 3.63) is 64.8 Å². The fourth-order valence-corrected chi connectivity index (χ4v) is 3.35. The molecule has 0 heterocycles. The van der Waals surface area contributed by atoms with Gasteiger partial charge >= 0.3 is 5.97 Å². The molecule has 1 aliphatic carbocycles. The molecule has 0 aromatic heterocycles. The number of ether oxygens (including phenoxy) is 1. The molecule has 0 aliphatic heterocycles. The van der Waals surface area contributed by atoms with E-state index in [1.807, 2.05) is 25.2 Å². The number of benzene rings is 1. The fourth-order valence-electron chi connectivity index (χ4n) is 3.35.